The molecule has 1 N–H and O–H groups in total. The van der Waals surface area contributed by atoms with E-state index in [4.69, 9.17) is 18.9 Å². The van der Waals surface area contributed by atoms with Crippen molar-refractivity contribution in [2.75, 3.05) is 27.6 Å². The van der Waals surface area contributed by atoms with Gasteiger partial charge in [0.2, 0.25) is 6.79 Å². The summed E-state index contributed by atoms with van der Waals surface area (Å²) in [5, 5.41) is 11.6. The molecule has 0 aromatic heterocycles. The molecule has 3 heterocycles. The standard InChI is InChI=1S/C22H23NO5/c1-4-21-18-13(5-6-15(25-2)19(18)26-3)20(24)22(21)14-10-17-16(27-11-28-17)9-12(14)7-8-23(21)22/h5-6,9-10,20,24H,4,7-8,11H2,1-3H3/t20-,21+,22-,23?/m0/s1. The molecule has 146 valence electrons. The van der Waals surface area contributed by atoms with Crippen LogP contribution in [-0.2, 0) is 17.5 Å². The lowest BCUT2D eigenvalue weighted by atomic mass is 9.80. The molecule has 2 aromatic carbocycles. The van der Waals surface area contributed by atoms with E-state index in [9.17, 15) is 5.11 Å². The lowest BCUT2D eigenvalue weighted by Gasteiger charge is -2.30. The predicted octanol–water partition coefficient (Wildman–Crippen LogP) is 2.85. The van der Waals surface area contributed by atoms with Crippen molar-refractivity contribution in [1.29, 1.82) is 0 Å². The van der Waals surface area contributed by atoms with Crippen LogP contribution in [0.1, 0.15) is 41.7 Å². The van der Waals surface area contributed by atoms with Gasteiger partial charge in [0.15, 0.2) is 23.0 Å². The fourth-order valence-corrected chi connectivity index (χ4v) is 6.31. The molecule has 0 saturated carbocycles. The van der Waals surface area contributed by atoms with Crippen LogP contribution in [0.5, 0.6) is 23.0 Å². The highest BCUT2D eigenvalue weighted by Crippen LogP contribution is 2.80. The predicted molar refractivity (Wildman–Crippen MR) is 101 cm³/mol. The zero-order valence-corrected chi connectivity index (χ0v) is 16.2. The molecular weight excluding hydrogens is 358 g/mol. The summed E-state index contributed by atoms with van der Waals surface area (Å²) in [6, 6.07) is 8.05. The van der Waals surface area contributed by atoms with Gasteiger partial charge in [0.1, 0.15) is 11.6 Å². The monoisotopic (exact) mass is 381 g/mol. The molecule has 0 bridgehead atoms. The first kappa shape index (κ1) is 16.5. The Labute approximate surface area is 163 Å². The molecule has 4 atom stereocenters. The van der Waals surface area contributed by atoms with Crippen LogP contribution in [0.25, 0.3) is 0 Å². The van der Waals surface area contributed by atoms with Crippen LogP contribution in [-0.4, -0.2) is 37.6 Å². The van der Waals surface area contributed by atoms with Gasteiger partial charge in [0.05, 0.1) is 19.8 Å². The van der Waals surface area contributed by atoms with Crippen molar-refractivity contribution in [1.82, 2.24) is 4.90 Å². The average Bonchev–Trinajstić information content (AvgIpc) is 2.96. The van der Waals surface area contributed by atoms with Crippen LogP contribution >= 0.6 is 0 Å². The number of nitrogens with zero attached hydrogens (tertiary/aromatic N) is 1. The van der Waals surface area contributed by atoms with Crippen molar-refractivity contribution in [3.63, 3.8) is 0 Å². The summed E-state index contributed by atoms with van der Waals surface area (Å²) in [5.41, 5.74) is 3.58. The van der Waals surface area contributed by atoms with Crippen molar-refractivity contribution in [2.45, 2.75) is 36.9 Å². The minimum absolute atomic E-state index is 0.252. The number of hydrogen-bond donors (Lipinski definition) is 1. The summed E-state index contributed by atoms with van der Waals surface area (Å²) in [6.45, 7) is 3.33. The van der Waals surface area contributed by atoms with Gasteiger partial charge in [-0.25, -0.2) is 0 Å². The van der Waals surface area contributed by atoms with Crippen molar-refractivity contribution in [3.8, 4) is 23.0 Å². The highest BCUT2D eigenvalue weighted by molar-refractivity contribution is 5.70. The summed E-state index contributed by atoms with van der Waals surface area (Å²) in [5.74, 6) is 3.00. The second kappa shape index (κ2) is 5.13. The summed E-state index contributed by atoms with van der Waals surface area (Å²) in [6.07, 6.45) is 1.15. The van der Waals surface area contributed by atoms with Crippen LogP contribution in [0.2, 0.25) is 0 Å². The van der Waals surface area contributed by atoms with Crippen molar-refractivity contribution in [3.05, 3.63) is 46.5 Å². The maximum Gasteiger partial charge on any atom is 0.231 e. The van der Waals surface area contributed by atoms with E-state index in [1.807, 2.05) is 12.1 Å². The van der Waals surface area contributed by atoms with Gasteiger partial charge in [-0.3, -0.25) is 4.90 Å². The van der Waals surface area contributed by atoms with E-state index in [0.29, 0.717) is 5.75 Å². The van der Waals surface area contributed by atoms with Gasteiger partial charge in [0, 0.05) is 12.1 Å². The maximum atomic E-state index is 11.6. The molecule has 1 aliphatic carbocycles. The van der Waals surface area contributed by atoms with E-state index in [1.165, 1.54) is 5.56 Å². The molecule has 1 fully saturated rings. The van der Waals surface area contributed by atoms with Gasteiger partial charge < -0.3 is 24.1 Å². The molecule has 3 aliphatic heterocycles. The normalized spacial score (nSPS) is 32.9. The van der Waals surface area contributed by atoms with Gasteiger partial charge in [-0.15, -0.1) is 0 Å². The zero-order valence-electron chi connectivity index (χ0n) is 16.2. The summed E-state index contributed by atoms with van der Waals surface area (Å²) in [4.78, 5) is 2.44. The number of benzene rings is 2. The van der Waals surface area contributed by atoms with Crippen molar-refractivity contribution in [2.24, 2.45) is 0 Å². The van der Waals surface area contributed by atoms with Crippen LogP contribution < -0.4 is 18.9 Å². The van der Waals surface area contributed by atoms with Gasteiger partial charge in [0.25, 0.3) is 0 Å². The number of methoxy groups -OCH3 is 2. The molecule has 1 unspecified atom stereocenters. The van der Waals surface area contributed by atoms with E-state index in [0.717, 1.165) is 53.3 Å². The van der Waals surface area contributed by atoms with Gasteiger partial charge in [-0.2, -0.15) is 0 Å². The Morgan fingerprint density at radius 1 is 1.18 bits per heavy atom. The Morgan fingerprint density at radius 2 is 1.96 bits per heavy atom. The fourth-order valence-electron chi connectivity index (χ4n) is 6.31. The summed E-state index contributed by atoms with van der Waals surface area (Å²) in [7, 11) is 3.33. The third kappa shape index (κ3) is 1.49. The molecule has 1 spiro atoms. The lowest BCUT2D eigenvalue weighted by molar-refractivity contribution is 0.101. The molecule has 6 heteroatoms. The Hall–Kier alpha value is -2.44. The van der Waals surface area contributed by atoms with E-state index in [2.05, 4.69) is 24.0 Å². The minimum Gasteiger partial charge on any atom is -0.493 e. The van der Waals surface area contributed by atoms with Crippen LogP contribution in [0.15, 0.2) is 24.3 Å². The molecule has 4 aliphatic rings. The maximum absolute atomic E-state index is 11.6. The zero-order chi connectivity index (χ0) is 19.3. The third-order valence-electron chi connectivity index (χ3n) is 7.27. The molecule has 6 nitrogen and oxygen atoms in total. The number of rotatable bonds is 3. The quantitative estimate of drug-likeness (QED) is 0.825. The first-order chi connectivity index (χ1) is 13.6. The fraction of sp³-hybridized carbons (Fsp3) is 0.455. The Balaban J connectivity index is 1.64. The molecule has 2 aromatic rings. The first-order valence-electron chi connectivity index (χ1n) is 9.79. The van der Waals surface area contributed by atoms with Crippen LogP contribution in [0.4, 0.5) is 0 Å². The van der Waals surface area contributed by atoms with Gasteiger partial charge in [-0.1, -0.05) is 13.0 Å². The van der Waals surface area contributed by atoms with Gasteiger partial charge in [-0.05, 0) is 47.7 Å². The highest BCUT2D eigenvalue weighted by atomic mass is 16.7. The average molecular weight is 381 g/mol. The Morgan fingerprint density at radius 3 is 2.68 bits per heavy atom. The highest BCUT2D eigenvalue weighted by Gasteiger charge is 2.84. The Bertz CT molecular complexity index is 1020. The second-order valence-corrected chi connectivity index (χ2v) is 7.91. The molecule has 28 heavy (non-hydrogen) atoms. The van der Waals surface area contributed by atoms with E-state index in [1.54, 1.807) is 14.2 Å². The number of fused-ring (bicyclic) bond motifs is 5. The summed E-state index contributed by atoms with van der Waals surface area (Å²) < 4.78 is 22.6. The molecule has 0 amide bonds. The van der Waals surface area contributed by atoms with E-state index in [-0.39, 0.29) is 12.3 Å². The largest absolute Gasteiger partial charge is 0.493 e. The minimum atomic E-state index is -0.637. The van der Waals surface area contributed by atoms with Crippen LogP contribution in [0, 0.1) is 0 Å². The van der Waals surface area contributed by atoms with Gasteiger partial charge >= 0.3 is 0 Å². The first-order valence-corrected chi connectivity index (χ1v) is 9.79. The molecule has 1 saturated heterocycles. The number of aliphatic hydroxyl groups excluding tert-OH is 1. The smallest absolute Gasteiger partial charge is 0.231 e. The Kier molecular flexibility index (Phi) is 3.02. The number of aliphatic hydroxyl groups is 1. The van der Waals surface area contributed by atoms with Crippen molar-refractivity contribution < 1.29 is 24.1 Å². The van der Waals surface area contributed by atoms with E-state index >= 15 is 0 Å². The number of ether oxygens (including phenoxy) is 4. The second-order valence-electron chi connectivity index (χ2n) is 7.91. The summed E-state index contributed by atoms with van der Waals surface area (Å²) >= 11 is 0. The van der Waals surface area contributed by atoms with Crippen molar-refractivity contribution >= 4 is 0 Å². The van der Waals surface area contributed by atoms with E-state index < -0.39 is 11.6 Å². The third-order valence-corrected chi connectivity index (χ3v) is 7.27. The van der Waals surface area contributed by atoms with Crippen LogP contribution in [0.3, 0.4) is 0 Å². The molecule has 0 radical (unpaired) electrons. The topological polar surface area (TPSA) is 60.2 Å². The SMILES string of the molecule is CC[C@@]12c3c(ccc(OC)c3OC)[C@H](O)[C@@]13c1cc4c(cc1CCN23)OCO4. The number of hydrogen-bond acceptors (Lipinski definition) is 6. The molecular formula is C22H23NO5. The lowest BCUT2D eigenvalue weighted by Crippen LogP contribution is -2.30. The molecule has 6 rings (SSSR count).